The third-order valence-electron chi connectivity index (χ3n) is 4.08. The zero-order valence-electron chi connectivity index (χ0n) is 12.1. The fraction of sp³-hybridized carbons (Fsp3) is 0.263. The Labute approximate surface area is 121 Å². The van der Waals surface area contributed by atoms with Crippen LogP contribution < -0.4 is 4.74 Å². The van der Waals surface area contributed by atoms with Gasteiger partial charge in [0.2, 0.25) is 0 Å². The van der Waals surface area contributed by atoms with Crippen LogP contribution in [0, 0.1) is 5.41 Å². The lowest BCUT2D eigenvalue weighted by molar-refractivity contribution is 0.343. The van der Waals surface area contributed by atoms with Crippen LogP contribution in [0.5, 0.6) is 5.75 Å². The minimum atomic E-state index is -0.106. The summed E-state index contributed by atoms with van der Waals surface area (Å²) in [6.07, 6.45) is 13.4. The van der Waals surface area contributed by atoms with Crippen molar-refractivity contribution in [1.82, 2.24) is 0 Å². The van der Waals surface area contributed by atoms with Gasteiger partial charge in [-0.25, -0.2) is 0 Å². The lowest BCUT2D eigenvalue weighted by atomic mass is 9.74. The fourth-order valence-corrected chi connectivity index (χ4v) is 3.23. The first-order chi connectivity index (χ1) is 9.57. The van der Waals surface area contributed by atoms with Gasteiger partial charge in [0.1, 0.15) is 11.5 Å². The molecule has 1 heterocycles. The third kappa shape index (κ3) is 1.94. The molecule has 1 atom stereocenters. The lowest BCUT2D eigenvalue weighted by Gasteiger charge is -2.26. The molecule has 1 aliphatic heterocycles. The van der Waals surface area contributed by atoms with E-state index in [0.717, 1.165) is 17.9 Å². The molecule has 3 rings (SSSR count). The van der Waals surface area contributed by atoms with Gasteiger partial charge in [-0.15, -0.1) is 0 Å². The summed E-state index contributed by atoms with van der Waals surface area (Å²) in [5, 5.41) is 0. The Kier molecular flexibility index (Phi) is 2.93. The normalized spacial score (nSPS) is 28.2. The highest BCUT2D eigenvalue weighted by Crippen LogP contribution is 2.55. The number of fused-ring (bicyclic) bond motifs is 2. The molecule has 20 heavy (non-hydrogen) atoms. The molecule has 0 aromatic heterocycles. The molecule has 0 fully saturated rings. The van der Waals surface area contributed by atoms with E-state index in [1.54, 1.807) is 6.08 Å². The van der Waals surface area contributed by atoms with Crippen molar-refractivity contribution in [3.63, 3.8) is 0 Å². The second-order valence-corrected chi connectivity index (χ2v) is 6.22. The molecule has 1 aromatic carbocycles. The van der Waals surface area contributed by atoms with Crippen molar-refractivity contribution in [3.05, 3.63) is 78.6 Å². The summed E-state index contributed by atoms with van der Waals surface area (Å²) in [4.78, 5) is 0. The zero-order chi connectivity index (χ0) is 14.2. The van der Waals surface area contributed by atoms with Crippen LogP contribution in [0.1, 0.15) is 25.8 Å². The summed E-state index contributed by atoms with van der Waals surface area (Å²) < 4.78 is 6.11. The maximum absolute atomic E-state index is 6.11. The quantitative estimate of drug-likeness (QED) is 0.543. The molecule has 1 nitrogen and oxygen atoms in total. The van der Waals surface area contributed by atoms with Crippen LogP contribution in [0.15, 0.2) is 73.1 Å². The summed E-state index contributed by atoms with van der Waals surface area (Å²) in [5.41, 5.74) is 1.37. The van der Waals surface area contributed by atoms with E-state index in [2.05, 4.69) is 50.8 Å². The first-order valence-corrected chi connectivity index (χ1v) is 7.05. The molecule has 1 heteroatoms. The predicted octanol–water partition coefficient (Wildman–Crippen LogP) is 4.93. The van der Waals surface area contributed by atoms with E-state index in [-0.39, 0.29) is 10.8 Å². The number of hydrogen-bond donors (Lipinski definition) is 0. The summed E-state index contributed by atoms with van der Waals surface area (Å²) in [6.45, 7) is 8.25. The second-order valence-electron chi connectivity index (χ2n) is 6.22. The molecule has 0 N–H and O–H groups in total. The van der Waals surface area contributed by atoms with Crippen molar-refractivity contribution in [1.29, 1.82) is 0 Å². The standard InChI is InChI=1S/C19H20O/c1-4-5-6-11-17-19(13-12-18(2,3)14-19)15-9-7-8-10-16(15)20-17/h4-13H,1,14H2,2-3H3/b6-5-,17-11-. The molecular weight excluding hydrogens is 244 g/mol. The van der Waals surface area contributed by atoms with Crippen molar-refractivity contribution in [3.8, 4) is 5.75 Å². The van der Waals surface area contributed by atoms with Crippen LogP contribution in [-0.2, 0) is 5.41 Å². The number of rotatable bonds is 2. The average molecular weight is 264 g/mol. The monoisotopic (exact) mass is 264 g/mol. The lowest BCUT2D eigenvalue weighted by Crippen LogP contribution is -2.24. The maximum atomic E-state index is 6.11. The van der Waals surface area contributed by atoms with Crippen molar-refractivity contribution >= 4 is 0 Å². The van der Waals surface area contributed by atoms with E-state index >= 15 is 0 Å². The van der Waals surface area contributed by atoms with Crippen molar-refractivity contribution in [2.45, 2.75) is 25.7 Å². The summed E-state index contributed by atoms with van der Waals surface area (Å²) in [5.74, 6) is 1.99. The summed E-state index contributed by atoms with van der Waals surface area (Å²) in [7, 11) is 0. The van der Waals surface area contributed by atoms with Gasteiger partial charge in [-0.3, -0.25) is 0 Å². The van der Waals surface area contributed by atoms with Crippen LogP contribution in [0.4, 0.5) is 0 Å². The van der Waals surface area contributed by atoms with Gasteiger partial charge >= 0.3 is 0 Å². The molecule has 1 aromatic rings. The van der Waals surface area contributed by atoms with E-state index in [4.69, 9.17) is 4.74 Å². The highest BCUT2D eigenvalue weighted by molar-refractivity contribution is 5.57. The molecule has 1 unspecified atom stereocenters. The van der Waals surface area contributed by atoms with Crippen molar-refractivity contribution in [2.75, 3.05) is 0 Å². The van der Waals surface area contributed by atoms with Gasteiger partial charge in [0.15, 0.2) is 0 Å². The van der Waals surface area contributed by atoms with Gasteiger partial charge in [0.25, 0.3) is 0 Å². The topological polar surface area (TPSA) is 9.23 Å². The number of allylic oxidation sites excluding steroid dienone is 6. The van der Waals surface area contributed by atoms with Crippen LogP contribution in [0.25, 0.3) is 0 Å². The van der Waals surface area contributed by atoms with Crippen LogP contribution >= 0.6 is 0 Å². The number of para-hydroxylation sites is 1. The third-order valence-corrected chi connectivity index (χ3v) is 4.08. The summed E-state index contributed by atoms with van der Waals surface area (Å²) in [6, 6.07) is 8.35. The molecule has 0 radical (unpaired) electrons. The van der Waals surface area contributed by atoms with E-state index < -0.39 is 0 Å². The Hall–Kier alpha value is -2.02. The Balaban J connectivity index is 2.11. The SMILES string of the molecule is C=C/C=C\C=C1/Oc2ccccc2C12C=CC(C)(C)C2. The van der Waals surface area contributed by atoms with Crippen molar-refractivity contribution < 1.29 is 4.74 Å². The Morgan fingerprint density at radius 1 is 1.15 bits per heavy atom. The van der Waals surface area contributed by atoms with Gasteiger partial charge in [-0.2, -0.15) is 0 Å². The Morgan fingerprint density at radius 3 is 2.65 bits per heavy atom. The van der Waals surface area contributed by atoms with E-state index in [9.17, 15) is 0 Å². The molecule has 2 aliphatic rings. The Morgan fingerprint density at radius 2 is 1.95 bits per heavy atom. The van der Waals surface area contributed by atoms with Gasteiger partial charge in [-0.1, -0.05) is 69.0 Å². The number of ether oxygens (including phenoxy) is 1. The molecule has 0 saturated carbocycles. The van der Waals surface area contributed by atoms with Gasteiger partial charge in [-0.05, 0) is 24.0 Å². The van der Waals surface area contributed by atoms with Gasteiger partial charge in [0, 0.05) is 5.56 Å². The first-order valence-electron chi connectivity index (χ1n) is 7.05. The smallest absolute Gasteiger partial charge is 0.131 e. The predicted molar refractivity (Wildman–Crippen MR) is 83.7 cm³/mol. The molecular formula is C19H20O. The van der Waals surface area contributed by atoms with Crippen molar-refractivity contribution in [2.24, 2.45) is 5.41 Å². The minimum absolute atomic E-state index is 0.106. The molecule has 0 saturated heterocycles. The number of hydrogen-bond acceptors (Lipinski definition) is 1. The first kappa shape index (κ1) is 13.0. The zero-order valence-corrected chi connectivity index (χ0v) is 12.1. The Bertz CT molecular complexity index is 631. The minimum Gasteiger partial charge on any atom is -0.460 e. The maximum Gasteiger partial charge on any atom is 0.131 e. The fourth-order valence-electron chi connectivity index (χ4n) is 3.23. The molecule has 1 spiro atoms. The molecule has 102 valence electrons. The van der Waals surface area contributed by atoms with Gasteiger partial charge < -0.3 is 4.74 Å². The molecule has 0 bridgehead atoms. The largest absolute Gasteiger partial charge is 0.460 e. The molecule has 1 aliphatic carbocycles. The van der Waals surface area contributed by atoms with Crippen LogP contribution in [-0.4, -0.2) is 0 Å². The highest BCUT2D eigenvalue weighted by Gasteiger charge is 2.49. The summed E-state index contributed by atoms with van der Waals surface area (Å²) >= 11 is 0. The highest BCUT2D eigenvalue weighted by atomic mass is 16.5. The van der Waals surface area contributed by atoms with Crippen LogP contribution in [0.2, 0.25) is 0 Å². The van der Waals surface area contributed by atoms with E-state index in [1.807, 2.05) is 24.3 Å². The average Bonchev–Trinajstić information content (AvgIpc) is 2.90. The van der Waals surface area contributed by atoms with Gasteiger partial charge in [0.05, 0.1) is 5.41 Å². The number of benzene rings is 1. The molecule has 0 amide bonds. The second kappa shape index (κ2) is 4.52. The van der Waals surface area contributed by atoms with E-state index in [0.29, 0.717) is 0 Å². The van der Waals surface area contributed by atoms with E-state index in [1.165, 1.54) is 5.56 Å². The van der Waals surface area contributed by atoms with Crippen LogP contribution in [0.3, 0.4) is 0 Å².